The summed E-state index contributed by atoms with van der Waals surface area (Å²) in [5.74, 6) is 0. The molecule has 0 aliphatic carbocycles. The quantitative estimate of drug-likeness (QED) is 0.198. The number of hydrogen-bond donors (Lipinski definition) is 0. The second kappa shape index (κ2) is 10.2. The predicted octanol–water partition coefficient (Wildman–Crippen LogP) is 11.8. The van der Waals surface area contributed by atoms with Crippen LogP contribution < -0.4 is 0 Å². The van der Waals surface area contributed by atoms with E-state index < -0.39 is 0 Å². The second-order valence-corrected chi connectivity index (χ2v) is 10.9. The van der Waals surface area contributed by atoms with Crippen LogP contribution in [0.4, 0.5) is 0 Å². The topological polar surface area (TPSA) is 0 Å². The van der Waals surface area contributed by atoms with Crippen LogP contribution in [0.15, 0.2) is 170 Å². The van der Waals surface area contributed by atoms with Crippen LogP contribution in [0.1, 0.15) is 0 Å². The molecule has 0 spiro atoms. The highest BCUT2D eigenvalue weighted by Gasteiger charge is 2.18. The first-order valence-electron chi connectivity index (χ1n) is 14.5. The number of rotatable bonds is 4. The van der Waals surface area contributed by atoms with Gasteiger partial charge in [-0.2, -0.15) is 0 Å². The van der Waals surface area contributed by atoms with E-state index in [1.54, 1.807) is 0 Å². The third-order valence-electron chi connectivity index (χ3n) is 8.45. The van der Waals surface area contributed by atoms with Crippen LogP contribution in [0.25, 0.3) is 76.8 Å². The standard InChI is InChI=1S/C42H28/c1-4-13-29(14-5-1)33-25-26-38-40(27-33)41(32-17-8-3-9-18-32)36-20-10-11-21-37(36)42(38)34-24-23-31-19-12-22-35(39(31)28-34)30-15-6-2-7-16-30/h1-28H. The summed E-state index contributed by atoms with van der Waals surface area (Å²) in [6, 6.07) is 61.7. The van der Waals surface area contributed by atoms with Gasteiger partial charge in [-0.1, -0.05) is 158 Å². The summed E-state index contributed by atoms with van der Waals surface area (Å²) < 4.78 is 0. The van der Waals surface area contributed by atoms with Crippen LogP contribution in [0.2, 0.25) is 0 Å². The second-order valence-electron chi connectivity index (χ2n) is 10.9. The molecule has 0 fully saturated rings. The van der Waals surface area contributed by atoms with Crippen LogP contribution >= 0.6 is 0 Å². The number of benzene rings is 8. The summed E-state index contributed by atoms with van der Waals surface area (Å²) in [7, 11) is 0. The third-order valence-corrected chi connectivity index (χ3v) is 8.45. The molecule has 0 aliphatic rings. The van der Waals surface area contributed by atoms with Crippen LogP contribution in [-0.2, 0) is 0 Å². The summed E-state index contributed by atoms with van der Waals surface area (Å²) in [5.41, 5.74) is 9.99. The zero-order valence-corrected chi connectivity index (χ0v) is 23.2. The Kier molecular flexibility index (Phi) is 5.90. The van der Waals surface area contributed by atoms with Gasteiger partial charge in [0.05, 0.1) is 0 Å². The minimum absolute atomic E-state index is 1.23. The Labute approximate surface area is 246 Å². The van der Waals surface area contributed by atoms with Crippen molar-refractivity contribution in [2.24, 2.45) is 0 Å². The molecule has 0 N–H and O–H groups in total. The highest BCUT2D eigenvalue weighted by atomic mass is 14.2. The average molecular weight is 533 g/mol. The van der Waals surface area contributed by atoms with Crippen molar-refractivity contribution < 1.29 is 0 Å². The Morgan fingerprint density at radius 2 is 0.762 bits per heavy atom. The first-order valence-corrected chi connectivity index (χ1v) is 14.5. The molecule has 8 aromatic rings. The van der Waals surface area contributed by atoms with Crippen molar-refractivity contribution in [1.82, 2.24) is 0 Å². The summed E-state index contributed by atoms with van der Waals surface area (Å²) in [6.45, 7) is 0. The molecule has 0 unspecified atom stereocenters. The van der Waals surface area contributed by atoms with Gasteiger partial charge in [-0.15, -0.1) is 0 Å². The summed E-state index contributed by atoms with van der Waals surface area (Å²) >= 11 is 0. The summed E-state index contributed by atoms with van der Waals surface area (Å²) in [6.07, 6.45) is 0. The van der Waals surface area contributed by atoms with Gasteiger partial charge in [0.1, 0.15) is 0 Å². The molecule has 0 aromatic heterocycles. The Balaban J connectivity index is 1.48. The molecule has 8 rings (SSSR count). The largest absolute Gasteiger partial charge is 0.0622 e. The maximum atomic E-state index is 2.40. The fraction of sp³-hybridized carbons (Fsp3) is 0. The summed E-state index contributed by atoms with van der Waals surface area (Å²) in [5, 5.41) is 7.60. The monoisotopic (exact) mass is 532 g/mol. The van der Waals surface area contributed by atoms with E-state index in [-0.39, 0.29) is 0 Å². The van der Waals surface area contributed by atoms with Crippen molar-refractivity contribution in [1.29, 1.82) is 0 Å². The van der Waals surface area contributed by atoms with Crippen LogP contribution in [0.5, 0.6) is 0 Å². The Morgan fingerprint density at radius 1 is 0.238 bits per heavy atom. The molecule has 196 valence electrons. The molecule has 0 saturated heterocycles. The maximum Gasteiger partial charge on any atom is -0.00261 e. The van der Waals surface area contributed by atoms with E-state index in [9.17, 15) is 0 Å². The lowest BCUT2D eigenvalue weighted by molar-refractivity contribution is 1.63. The van der Waals surface area contributed by atoms with E-state index in [2.05, 4.69) is 170 Å². The minimum Gasteiger partial charge on any atom is -0.0622 e. The molecule has 0 heterocycles. The lowest BCUT2D eigenvalue weighted by atomic mass is 9.84. The van der Waals surface area contributed by atoms with Gasteiger partial charge >= 0.3 is 0 Å². The van der Waals surface area contributed by atoms with Crippen molar-refractivity contribution in [3.05, 3.63) is 170 Å². The third kappa shape index (κ3) is 4.08. The summed E-state index contributed by atoms with van der Waals surface area (Å²) in [4.78, 5) is 0. The normalized spacial score (nSPS) is 11.3. The molecular formula is C42H28. The highest BCUT2D eigenvalue weighted by molar-refractivity contribution is 6.22. The molecule has 8 aromatic carbocycles. The molecule has 42 heavy (non-hydrogen) atoms. The molecule has 0 aliphatic heterocycles. The molecule has 0 heteroatoms. The smallest absolute Gasteiger partial charge is 0.00261 e. The van der Waals surface area contributed by atoms with Gasteiger partial charge in [-0.05, 0) is 89.0 Å². The Morgan fingerprint density at radius 3 is 1.45 bits per heavy atom. The van der Waals surface area contributed by atoms with Crippen molar-refractivity contribution in [2.75, 3.05) is 0 Å². The molecule has 0 nitrogen and oxygen atoms in total. The van der Waals surface area contributed by atoms with E-state index >= 15 is 0 Å². The van der Waals surface area contributed by atoms with Gasteiger partial charge in [-0.25, -0.2) is 0 Å². The van der Waals surface area contributed by atoms with Crippen molar-refractivity contribution in [2.45, 2.75) is 0 Å². The molecule has 0 radical (unpaired) electrons. The lowest BCUT2D eigenvalue weighted by Gasteiger charge is -2.19. The highest BCUT2D eigenvalue weighted by Crippen LogP contribution is 2.45. The predicted molar refractivity (Wildman–Crippen MR) is 181 cm³/mol. The van der Waals surface area contributed by atoms with E-state index in [0.29, 0.717) is 0 Å². The zero-order valence-electron chi connectivity index (χ0n) is 23.2. The Bertz CT molecular complexity index is 2210. The molecule has 0 saturated carbocycles. The van der Waals surface area contributed by atoms with Gasteiger partial charge < -0.3 is 0 Å². The minimum atomic E-state index is 1.23. The Hall–Kier alpha value is -5.46. The molecule has 0 bridgehead atoms. The van der Waals surface area contributed by atoms with Crippen LogP contribution in [-0.4, -0.2) is 0 Å². The first-order chi connectivity index (χ1) is 20.8. The van der Waals surface area contributed by atoms with E-state index in [4.69, 9.17) is 0 Å². The zero-order chi connectivity index (χ0) is 27.9. The van der Waals surface area contributed by atoms with E-state index in [1.165, 1.54) is 76.8 Å². The van der Waals surface area contributed by atoms with E-state index in [1.807, 2.05) is 0 Å². The fourth-order valence-corrected chi connectivity index (χ4v) is 6.51. The number of hydrogen-bond acceptors (Lipinski definition) is 0. The van der Waals surface area contributed by atoms with Crippen LogP contribution in [0, 0.1) is 0 Å². The van der Waals surface area contributed by atoms with E-state index in [0.717, 1.165) is 0 Å². The SMILES string of the molecule is c1ccc(-c2ccc3c(-c4ccc5cccc(-c6ccccc6)c5c4)c4ccccc4c(-c4ccccc4)c3c2)cc1. The lowest BCUT2D eigenvalue weighted by Crippen LogP contribution is -1.92. The average Bonchev–Trinajstić information content (AvgIpc) is 3.07. The van der Waals surface area contributed by atoms with Gasteiger partial charge in [0, 0.05) is 0 Å². The fourth-order valence-electron chi connectivity index (χ4n) is 6.51. The van der Waals surface area contributed by atoms with Gasteiger partial charge in [-0.3, -0.25) is 0 Å². The maximum absolute atomic E-state index is 2.40. The molecule has 0 amide bonds. The van der Waals surface area contributed by atoms with Crippen molar-refractivity contribution >= 4 is 32.3 Å². The molecular weight excluding hydrogens is 504 g/mol. The van der Waals surface area contributed by atoms with Crippen molar-refractivity contribution in [3.63, 3.8) is 0 Å². The van der Waals surface area contributed by atoms with Crippen LogP contribution in [0.3, 0.4) is 0 Å². The molecule has 0 atom stereocenters. The van der Waals surface area contributed by atoms with Gasteiger partial charge in [0.15, 0.2) is 0 Å². The van der Waals surface area contributed by atoms with Gasteiger partial charge in [0.2, 0.25) is 0 Å². The first kappa shape index (κ1) is 24.3. The number of fused-ring (bicyclic) bond motifs is 3. The van der Waals surface area contributed by atoms with Gasteiger partial charge in [0.25, 0.3) is 0 Å². The van der Waals surface area contributed by atoms with Crippen molar-refractivity contribution in [3.8, 4) is 44.5 Å².